The molecule has 2 aliphatic rings. The third kappa shape index (κ3) is 5.58. The van der Waals surface area contributed by atoms with Gasteiger partial charge in [0.15, 0.2) is 11.5 Å². The highest BCUT2D eigenvalue weighted by Gasteiger charge is 2.48. The second-order valence-electron chi connectivity index (χ2n) is 9.85. The van der Waals surface area contributed by atoms with Crippen LogP contribution in [0.4, 0.5) is 0 Å². The van der Waals surface area contributed by atoms with Gasteiger partial charge in [-0.2, -0.15) is 8.75 Å². The number of nitrogens with zero attached hydrogens (tertiary/aromatic N) is 2. The summed E-state index contributed by atoms with van der Waals surface area (Å²) in [5.74, 6) is -0.189. The number of aliphatic hydroxyl groups is 1. The predicted octanol–water partition coefficient (Wildman–Crippen LogP) is 5.33. The minimum Gasteiger partial charge on any atom is -0.497 e. The zero-order valence-corrected chi connectivity index (χ0v) is 24.5. The van der Waals surface area contributed by atoms with Crippen molar-refractivity contribution in [1.29, 1.82) is 0 Å². The number of hydrogen-bond acceptors (Lipinski definition) is 11. The van der Waals surface area contributed by atoms with E-state index in [1.807, 2.05) is 24.3 Å². The number of carbonyl (C=O) groups excluding carboxylic acids is 2. The molecule has 0 saturated heterocycles. The summed E-state index contributed by atoms with van der Waals surface area (Å²) in [7, 11) is 3.16. The zero-order valence-electron chi connectivity index (χ0n) is 23.7. The van der Waals surface area contributed by atoms with Gasteiger partial charge in [0.2, 0.25) is 6.79 Å². The molecule has 0 bridgehead atoms. The monoisotopic (exact) mass is 610 g/mol. The topological polar surface area (TPSA) is 126 Å². The van der Waals surface area contributed by atoms with E-state index in [0.29, 0.717) is 50.8 Å². The van der Waals surface area contributed by atoms with Gasteiger partial charge in [-0.3, -0.25) is 4.79 Å². The number of esters is 1. The summed E-state index contributed by atoms with van der Waals surface area (Å²) in [6.07, 6.45) is 1.04. The molecule has 0 saturated carbocycles. The van der Waals surface area contributed by atoms with Crippen LogP contribution in [0.5, 0.6) is 23.0 Å². The number of fused-ring (bicyclic) bond motifs is 2. The number of aromatic nitrogens is 2. The molecular formula is C33H26N2O8S. The number of methoxy groups -OCH3 is 2. The van der Waals surface area contributed by atoms with Gasteiger partial charge in [-0.05, 0) is 65.7 Å². The Hall–Kier alpha value is -5.26. The maximum atomic E-state index is 13.2. The summed E-state index contributed by atoms with van der Waals surface area (Å²) < 4.78 is 35.3. The summed E-state index contributed by atoms with van der Waals surface area (Å²) in [6, 6.07) is 24.8. The molecule has 11 heteroatoms. The van der Waals surface area contributed by atoms with Crippen LogP contribution in [0.25, 0.3) is 16.6 Å². The van der Waals surface area contributed by atoms with Gasteiger partial charge >= 0.3 is 5.97 Å². The fourth-order valence-corrected chi connectivity index (χ4v) is 5.54. The lowest BCUT2D eigenvalue weighted by molar-refractivity contribution is -0.185. The highest BCUT2D eigenvalue weighted by Crippen LogP contribution is 2.47. The average Bonchev–Trinajstić information content (AvgIpc) is 3.79. The van der Waals surface area contributed by atoms with Crippen LogP contribution in [-0.2, 0) is 21.7 Å². The average molecular weight is 611 g/mol. The Morgan fingerprint density at radius 3 is 2.43 bits per heavy atom. The third-order valence-corrected chi connectivity index (χ3v) is 7.76. The van der Waals surface area contributed by atoms with E-state index in [2.05, 4.69) is 8.75 Å². The van der Waals surface area contributed by atoms with Gasteiger partial charge in [-0.15, -0.1) is 0 Å². The van der Waals surface area contributed by atoms with Crippen LogP contribution in [-0.4, -0.2) is 47.1 Å². The Bertz CT molecular complexity index is 1900. The lowest BCUT2D eigenvalue weighted by atomic mass is 9.88. The van der Waals surface area contributed by atoms with Crippen LogP contribution in [0.3, 0.4) is 0 Å². The second-order valence-corrected chi connectivity index (χ2v) is 10.4. The minimum atomic E-state index is -1.99. The maximum Gasteiger partial charge on any atom is 0.342 e. The molecule has 0 spiro atoms. The van der Waals surface area contributed by atoms with E-state index in [0.717, 1.165) is 29.1 Å². The van der Waals surface area contributed by atoms with Crippen LogP contribution in [0.1, 0.15) is 27.0 Å². The normalized spacial score (nSPS) is 16.8. The van der Waals surface area contributed by atoms with Crippen molar-refractivity contribution in [2.45, 2.75) is 12.2 Å². The van der Waals surface area contributed by atoms with Crippen molar-refractivity contribution in [2.24, 2.45) is 0 Å². The molecule has 3 heterocycles. The molecule has 222 valence electrons. The van der Waals surface area contributed by atoms with Crippen molar-refractivity contribution in [1.82, 2.24) is 8.75 Å². The number of rotatable bonds is 7. The number of carbonyl (C=O) groups is 2. The summed E-state index contributed by atoms with van der Waals surface area (Å²) in [5, 5.41) is 11.9. The molecule has 4 aromatic carbocycles. The van der Waals surface area contributed by atoms with E-state index in [4.69, 9.17) is 23.7 Å². The number of cyclic esters (lactones) is 1. The van der Waals surface area contributed by atoms with E-state index in [-0.39, 0.29) is 18.8 Å². The van der Waals surface area contributed by atoms with Gasteiger partial charge in [0.25, 0.3) is 5.79 Å². The van der Waals surface area contributed by atoms with E-state index in [1.165, 1.54) is 0 Å². The number of aldehydes is 1. The molecule has 1 aromatic heterocycles. The Kier molecular flexibility index (Phi) is 7.97. The van der Waals surface area contributed by atoms with Crippen LogP contribution < -0.4 is 18.9 Å². The van der Waals surface area contributed by atoms with Crippen LogP contribution in [0.2, 0.25) is 0 Å². The van der Waals surface area contributed by atoms with Crippen molar-refractivity contribution in [3.05, 3.63) is 113 Å². The molecule has 2 aliphatic heterocycles. The van der Waals surface area contributed by atoms with E-state index in [9.17, 15) is 14.7 Å². The van der Waals surface area contributed by atoms with Crippen molar-refractivity contribution < 1.29 is 38.4 Å². The highest BCUT2D eigenvalue weighted by molar-refractivity contribution is 7.00. The lowest BCUT2D eigenvalue weighted by Gasteiger charge is -2.26. The molecule has 44 heavy (non-hydrogen) atoms. The molecule has 10 nitrogen and oxygen atoms in total. The fourth-order valence-electron chi connectivity index (χ4n) is 5.02. The molecular weight excluding hydrogens is 584 g/mol. The maximum absolute atomic E-state index is 13.2. The molecule has 7 rings (SSSR count). The van der Waals surface area contributed by atoms with Crippen LogP contribution >= 0.6 is 11.7 Å². The predicted molar refractivity (Wildman–Crippen MR) is 162 cm³/mol. The Morgan fingerprint density at radius 2 is 1.64 bits per heavy atom. The SMILES string of the molecule is COc1cccc(C=O)c1.COc1cccc(CC2=C(c3ccc4nsnc4c3)C(=O)OC2(O)c2ccc3c(c2)OCO3)c1. The van der Waals surface area contributed by atoms with Crippen molar-refractivity contribution in [2.75, 3.05) is 21.0 Å². The van der Waals surface area contributed by atoms with Crippen LogP contribution in [0.15, 0.2) is 90.5 Å². The van der Waals surface area contributed by atoms with Gasteiger partial charge in [0.05, 0.1) is 31.5 Å². The summed E-state index contributed by atoms with van der Waals surface area (Å²) in [6.45, 7) is 0.0937. The second kappa shape index (κ2) is 12.2. The van der Waals surface area contributed by atoms with Crippen molar-refractivity contribution in [3.63, 3.8) is 0 Å². The first-order valence-corrected chi connectivity index (χ1v) is 14.2. The molecule has 1 N–H and O–H groups in total. The van der Waals surface area contributed by atoms with Gasteiger partial charge < -0.3 is 28.8 Å². The van der Waals surface area contributed by atoms with Gasteiger partial charge in [0.1, 0.15) is 28.8 Å². The van der Waals surface area contributed by atoms with Crippen molar-refractivity contribution >= 4 is 40.6 Å². The van der Waals surface area contributed by atoms with E-state index < -0.39 is 11.8 Å². The van der Waals surface area contributed by atoms with Crippen molar-refractivity contribution in [3.8, 4) is 23.0 Å². The molecule has 5 aromatic rings. The first-order chi connectivity index (χ1) is 21.4. The van der Waals surface area contributed by atoms with Crippen LogP contribution in [0, 0.1) is 0 Å². The number of benzene rings is 4. The Morgan fingerprint density at radius 1 is 0.886 bits per heavy atom. The zero-order chi connectivity index (χ0) is 30.7. The molecule has 1 unspecified atom stereocenters. The summed E-state index contributed by atoms with van der Waals surface area (Å²) in [5.41, 5.74) is 4.56. The van der Waals surface area contributed by atoms with Gasteiger partial charge in [-0.25, -0.2) is 4.79 Å². The highest BCUT2D eigenvalue weighted by atomic mass is 32.1. The first-order valence-electron chi connectivity index (χ1n) is 13.5. The standard InChI is InChI=1S/C25H18N2O6S.C8H8O2/c1-30-17-4-2-3-14(9-17)10-18-23(15-5-7-19-20(11-15)27-34-26-19)24(28)33-25(18,29)16-6-8-21-22(12-16)32-13-31-21;1-10-8-4-2-3-7(5-8)6-9/h2-9,11-12,29H,10,13H2,1H3;2-6H,1H3. The first kappa shape index (κ1) is 28.8. The summed E-state index contributed by atoms with van der Waals surface area (Å²) in [4.78, 5) is 23.5. The van der Waals surface area contributed by atoms with Gasteiger partial charge in [-0.1, -0.05) is 30.3 Å². The molecule has 1 atom stereocenters. The molecule has 0 radical (unpaired) electrons. The van der Waals surface area contributed by atoms with Gasteiger partial charge in [0, 0.05) is 23.1 Å². The molecule has 0 amide bonds. The smallest absolute Gasteiger partial charge is 0.342 e. The summed E-state index contributed by atoms with van der Waals surface area (Å²) >= 11 is 1.10. The minimum absolute atomic E-state index is 0.0937. The van der Waals surface area contributed by atoms with E-state index >= 15 is 0 Å². The molecule has 0 aliphatic carbocycles. The third-order valence-electron chi connectivity index (χ3n) is 7.21. The van der Waals surface area contributed by atoms with E-state index in [1.54, 1.807) is 74.9 Å². The Balaban J connectivity index is 0.000000294. The Labute approximate surface area is 256 Å². The molecule has 0 fully saturated rings. The number of hydrogen-bond donors (Lipinski definition) is 1. The quantitative estimate of drug-likeness (QED) is 0.191. The lowest BCUT2D eigenvalue weighted by Crippen LogP contribution is -2.29. The number of ether oxygens (including phenoxy) is 5. The largest absolute Gasteiger partial charge is 0.497 e. The fraction of sp³-hybridized carbons (Fsp3) is 0.152.